The van der Waals surface area contributed by atoms with Crippen LogP contribution < -0.4 is 10.1 Å². The Kier molecular flexibility index (Phi) is 5.07. The molecule has 3 heteroatoms. The zero-order valence-corrected chi connectivity index (χ0v) is 15.7. The van der Waals surface area contributed by atoms with Crippen molar-refractivity contribution in [3.05, 3.63) is 108 Å². The van der Waals surface area contributed by atoms with Gasteiger partial charge in [-0.25, -0.2) is 0 Å². The van der Waals surface area contributed by atoms with Gasteiger partial charge in [-0.3, -0.25) is 4.79 Å². The van der Waals surface area contributed by atoms with E-state index in [1.54, 1.807) is 0 Å². The molecule has 1 amide bonds. The maximum absolute atomic E-state index is 12.8. The van der Waals surface area contributed by atoms with Crippen molar-refractivity contribution >= 4 is 22.4 Å². The topological polar surface area (TPSA) is 38.3 Å². The second kappa shape index (κ2) is 7.97. The van der Waals surface area contributed by atoms with Crippen molar-refractivity contribution in [3.63, 3.8) is 0 Å². The highest BCUT2D eigenvalue weighted by Gasteiger charge is 2.09. The number of ether oxygens (including phenoxy) is 1. The fourth-order valence-corrected chi connectivity index (χ4v) is 3.13. The van der Waals surface area contributed by atoms with Gasteiger partial charge in [0.1, 0.15) is 12.4 Å². The molecule has 4 aromatic rings. The number of fused-ring (bicyclic) bond motifs is 1. The van der Waals surface area contributed by atoms with Crippen molar-refractivity contribution < 1.29 is 9.53 Å². The number of hydrogen-bond donors (Lipinski definition) is 1. The van der Waals surface area contributed by atoms with E-state index >= 15 is 0 Å². The van der Waals surface area contributed by atoms with E-state index in [1.165, 1.54) is 5.56 Å². The van der Waals surface area contributed by atoms with Gasteiger partial charge in [0.05, 0.1) is 0 Å². The molecule has 0 spiro atoms. The quantitative estimate of drug-likeness (QED) is 0.471. The molecule has 0 unspecified atom stereocenters. The van der Waals surface area contributed by atoms with Crippen molar-refractivity contribution in [2.45, 2.75) is 13.5 Å². The number of amides is 1. The maximum Gasteiger partial charge on any atom is 0.255 e. The minimum Gasteiger partial charge on any atom is -0.489 e. The van der Waals surface area contributed by atoms with Crippen LogP contribution in [0.5, 0.6) is 5.75 Å². The Hall–Kier alpha value is -3.59. The van der Waals surface area contributed by atoms with Crippen LogP contribution in [0.15, 0.2) is 91.0 Å². The summed E-state index contributed by atoms with van der Waals surface area (Å²) in [6, 6.07) is 29.4. The lowest BCUT2D eigenvalue weighted by Crippen LogP contribution is -2.12. The molecule has 0 heterocycles. The lowest BCUT2D eigenvalue weighted by atomic mass is 10.1. The normalized spacial score (nSPS) is 10.6. The van der Waals surface area contributed by atoms with Crippen LogP contribution in [0.25, 0.3) is 10.8 Å². The third kappa shape index (κ3) is 4.04. The summed E-state index contributed by atoms with van der Waals surface area (Å²) in [4.78, 5) is 12.8. The summed E-state index contributed by atoms with van der Waals surface area (Å²) >= 11 is 0. The standard InChI is InChI=1S/C25H21NO2/c1-18-12-14-22(15-13-18)28-17-19-6-4-9-21(16-19)25(27)26-24-11-5-8-20-7-2-3-10-23(20)24/h2-16H,17H2,1H3,(H,26,27). The molecule has 0 saturated carbocycles. The smallest absolute Gasteiger partial charge is 0.255 e. The SMILES string of the molecule is Cc1ccc(OCc2cccc(C(=O)Nc3cccc4ccccc34)c2)cc1. The van der Waals surface area contributed by atoms with E-state index in [-0.39, 0.29) is 5.91 Å². The lowest BCUT2D eigenvalue weighted by Gasteiger charge is -2.10. The molecule has 0 fully saturated rings. The summed E-state index contributed by atoms with van der Waals surface area (Å²) in [6.45, 7) is 2.46. The summed E-state index contributed by atoms with van der Waals surface area (Å²) in [5.74, 6) is 0.685. The first-order chi connectivity index (χ1) is 13.7. The van der Waals surface area contributed by atoms with Crippen LogP contribution in [0.1, 0.15) is 21.5 Å². The number of anilines is 1. The average molecular weight is 367 g/mol. The van der Waals surface area contributed by atoms with Gasteiger partial charge in [0.25, 0.3) is 5.91 Å². The molecule has 28 heavy (non-hydrogen) atoms. The van der Waals surface area contributed by atoms with Crippen molar-refractivity contribution in [2.75, 3.05) is 5.32 Å². The van der Waals surface area contributed by atoms with Crippen LogP contribution in [0, 0.1) is 6.92 Å². The summed E-state index contributed by atoms with van der Waals surface area (Å²) in [5, 5.41) is 5.15. The van der Waals surface area contributed by atoms with Crippen LogP contribution in [-0.2, 0) is 6.61 Å². The maximum atomic E-state index is 12.8. The Morgan fingerprint density at radius 3 is 2.46 bits per heavy atom. The molecule has 1 N–H and O–H groups in total. The van der Waals surface area contributed by atoms with Crippen LogP contribution >= 0.6 is 0 Å². The van der Waals surface area contributed by atoms with Crippen molar-refractivity contribution in [3.8, 4) is 5.75 Å². The third-order valence-electron chi connectivity index (χ3n) is 4.65. The molecule has 4 aromatic carbocycles. The Bertz CT molecular complexity index is 1110. The van der Waals surface area contributed by atoms with Gasteiger partial charge in [-0.15, -0.1) is 0 Å². The summed E-state index contributed by atoms with van der Waals surface area (Å²) in [5.41, 5.74) is 3.56. The largest absolute Gasteiger partial charge is 0.489 e. The van der Waals surface area contributed by atoms with Crippen molar-refractivity contribution in [1.29, 1.82) is 0 Å². The van der Waals surface area contributed by atoms with Gasteiger partial charge in [-0.05, 0) is 48.2 Å². The Balaban J connectivity index is 1.48. The Morgan fingerprint density at radius 1 is 0.857 bits per heavy atom. The molecule has 0 saturated heterocycles. The minimum absolute atomic E-state index is 0.131. The molecular formula is C25H21NO2. The number of nitrogens with one attached hydrogen (secondary N) is 1. The molecule has 0 aromatic heterocycles. The van der Waals surface area contributed by atoms with Crippen molar-refractivity contribution in [2.24, 2.45) is 0 Å². The number of rotatable bonds is 5. The van der Waals surface area contributed by atoms with Gasteiger partial charge in [0.15, 0.2) is 0 Å². The molecule has 0 aliphatic rings. The van der Waals surface area contributed by atoms with Crippen molar-refractivity contribution in [1.82, 2.24) is 0 Å². The monoisotopic (exact) mass is 367 g/mol. The van der Waals surface area contributed by atoms with E-state index in [9.17, 15) is 4.79 Å². The molecular weight excluding hydrogens is 346 g/mol. The van der Waals surface area contributed by atoms with E-state index in [0.29, 0.717) is 12.2 Å². The van der Waals surface area contributed by atoms with Crippen LogP contribution in [-0.4, -0.2) is 5.91 Å². The molecule has 0 radical (unpaired) electrons. The van der Waals surface area contributed by atoms with Crippen LogP contribution in [0.3, 0.4) is 0 Å². The fourth-order valence-electron chi connectivity index (χ4n) is 3.13. The van der Waals surface area contributed by atoms with E-state index < -0.39 is 0 Å². The first-order valence-corrected chi connectivity index (χ1v) is 9.26. The molecule has 0 atom stereocenters. The van der Waals surface area contributed by atoms with Crippen LogP contribution in [0.2, 0.25) is 0 Å². The fraction of sp³-hybridized carbons (Fsp3) is 0.0800. The highest BCUT2D eigenvalue weighted by molar-refractivity contribution is 6.09. The molecule has 0 bridgehead atoms. The predicted octanol–water partition coefficient (Wildman–Crippen LogP) is 5.98. The molecule has 3 nitrogen and oxygen atoms in total. The first kappa shape index (κ1) is 17.8. The van der Waals surface area contributed by atoms with E-state index in [0.717, 1.165) is 27.8 Å². The van der Waals surface area contributed by atoms with E-state index in [1.807, 2.05) is 97.9 Å². The van der Waals surface area contributed by atoms with Gasteiger partial charge in [-0.1, -0.05) is 66.2 Å². The number of carbonyl (C=O) groups is 1. The van der Waals surface area contributed by atoms with Gasteiger partial charge in [0.2, 0.25) is 0 Å². The number of carbonyl (C=O) groups excluding carboxylic acids is 1. The molecule has 0 aliphatic heterocycles. The zero-order valence-electron chi connectivity index (χ0n) is 15.7. The Morgan fingerprint density at radius 2 is 1.61 bits per heavy atom. The number of benzene rings is 4. The summed E-state index contributed by atoms with van der Waals surface area (Å²) < 4.78 is 5.83. The second-order valence-electron chi connectivity index (χ2n) is 6.78. The number of aryl methyl sites for hydroxylation is 1. The van der Waals surface area contributed by atoms with Gasteiger partial charge in [0, 0.05) is 16.6 Å². The minimum atomic E-state index is -0.131. The molecule has 138 valence electrons. The molecule has 0 aliphatic carbocycles. The summed E-state index contributed by atoms with van der Waals surface area (Å²) in [6.07, 6.45) is 0. The van der Waals surface area contributed by atoms with E-state index in [4.69, 9.17) is 4.74 Å². The van der Waals surface area contributed by atoms with E-state index in [2.05, 4.69) is 5.32 Å². The third-order valence-corrected chi connectivity index (χ3v) is 4.65. The summed E-state index contributed by atoms with van der Waals surface area (Å²) in [7, 11) is 0. The first-order valence-electron chi connectivity index (χ1n) is 9.26. The second-order valence-corrected chi connectivity index (χ2v) is 6.78. The zero-order chi connectivity index (χ0) is 19.3. The highest BCUT2D eigenvalue weighted by Crippen LogP contribution is 2.23. The highest BCUT2D eigenvalue weighted by atomic mass is 16.5. The molecule has 4 rings (SSSR count). The van der Waals surface area contributed by atoms with Crippen LogP contribution in [0.4, 0.5) is 5.69 Å². The lowest BCUT2D eigenvalue weighted by molar-refractivity contribution is 0.102. The average Bonchev–Trinajstić information content (AvgIpc) is 2.74. The number of hydrogen-bond acceptors (Lipinski definition) is 2. The van der Waals surface area contributed by atoms with Gasteiger partial charge in [-0.2, -0.15) is 0 Å². The predicted molar refractivity (Wildman–Crippen MR) is 114 cm³/mol. The van der Waals surface area contributed by atoms with Gasteiger partial charge >= 0.3 is 0 Å². The Labute approximate surface area is 164 Å². The van der Waals surface area contributed by atoms with Gasteiger partial charge < -0.3 is 10.1 Å².